The van der Waals surface area contributed by atoms with Crippen molar-refractivity contribution in [2.45, 2.75) is 11.8 Å². The smallest absolute Gasteiger partial charge is 0.261 e. The molecule has 1 fully saturated rings. The predicted molar refractivity (Wildman–Crippen MR) is 102 cm³/mol. The van der Waals surface area contributed by atoms with Gasteiger partial charge in [0.15, 0.2) is 0 Å². The average Bonchev–Trinajstić information content (AvgIpc) is 2.68. The van der Waals surface area contributed by atoms with Crippen LogP contribution in [-0.4, -0.2) is 52.6 Å². The third-order valence-electron chi connectivity index (χ3n) is 4.37. The second-order valence-electron chi connectivity index (χ2n) is 6.22. The van der Waals surface area contributed by atoms with Crippen LogP contribution in [0, 0.1) is 6.92 Å². The summed E-state index contributed by atoms with van der Waals surface area (Å²) in [6.07, 6.45) is 0. The van der Waals surface area contributed by atoms with E-state index in [9.17, 15) is 13.2 Å². The Labute approximate surface area is 158 Å². The zero-order valence-corrected chi connectivity index (χ0v) is 16.1. The van der Waals surface area contributed by atoms with E-state index >= 15 is 0 Å². The molecule has 1 heterocycles. The Morgan fingerprint density at radius 1 is 1.15 bits per heavy atom. The number of carbonyl (C=O) groups is 1. The van der Waals surface area contributed by atoms with Crippen LogP contribution in [0.5, 0.6) is 5.75 Å². The molecule has 0 aromatic heterocycles. The third-order valence-corrected chi connectivity index (χ3v) is 5.75. The Balaban J connectivity index is 1.88. The molecule has 144 valence electrons. The van der Waals surface area contributed by atoms with E-state index in [4.69, 9.17) is 9.47 Å². The van der Waals surface area contributed by atoms with Crippen LogP contribution in [0.3, 0.4) is 0 Å². The summed E-state index contributed by atoms with van der Waals surface area (Å²) in [6.45, 7) is 3.76. The number of sulfonamides is 1. The number of rotatable bonds is 5. The molecule has 3 rings (SSSR count). The van der Waals surface area contributed by atoms with Gasteiger partial charge in [-0.25, -0.2) is 8.42 Å². The van der Waals surface area contributed by atoms with Gasteiger partial charge >= 0.3 is 0 Å². The van der Waals surface area contributed by atoms with Crippen LogP contribution in [0.1, 0.15) is 15.9 Å². The van der Waals surface area contributed by atoms with Crippen LogP contribution in [-0.2, 0) is 14.8 Å². The second kappa shape index (κ2) is 7.98. The highest BCUT2D eigenvalue weighted by Gasteiger charge is 2.23. The minimum atomic E-state index is -3.84. The minimum absolute atomic E-state index is 0.0347. The normalized spacial score (nSPS) is 14.7. The Kier molecular flexibility index (Phi) is 5.67. The lowest BCUT2D eigenvalue weighted by molar-refractivity contribution is 0.0302. The Hall–Kier alpha value is -2.58. The lowest BCUT2D eigenvalue weighted by Gasteiger charge is -2.27. The van der Waals surface area contributed by atoms with Crippen LogP contribution < -0.4 is 9.46 Å². The molecule has 1 aliphatic heterocycles. The number of nitrogens with zero attached hydrogens (tertiary/aromatic N) is 1. The molecule has 2 aromatic rings. The molecule has 0 spiro atoms. The van der Waals surface area contributed by atoms with E-state index in [-0.39, 0.29) is 10.8 Å². The fourth-order valence-corrected chi connectivity index (χ4v) is 3.91. The van der Waals surface area contributed by atoms with Gasteiger partial charge < -0.3 is 14.4 Å². The van der Waals surface area contributed by atoms with Gasteiger partial charge in [0.1, 0.15) is 5.75 Å². The lowest BCUT2D eigenvalue weighted by atomic mass is 10.1. The van der Waals surface area contributed by atoms with E-state index in [2.05, 4.69) is 4.72 Å². The highest BCUT2D eigenvalue weighted by molar-refractivity contribution is 7.92. The number of anilines is 1. The standard InChI is InChI=1S/C19H22N2O5S/c1-14-6-7-17(13-18(14)19(22)21-8-10-26-11-9-21)27(23,24)20-15-4-3-5-16(12-15)25-2/h3-7,12-13,20H,8-11H2,1-2H3. The zero-order chi connectivity index (χ0) is 19.4. The number of hydrogen-bond acceptors (Lipinski definition) is 5. The van der Waals surface area contributed by atoms with Crippen molar-refractivity contribution in [3.8, 4) is 5.75 Å². The molecule has 0 unspecified atom stereocenters. The molecule has 7 nitrogen and oxygen atoms in total. The van der Waals surface area contributed by atoms with Crippen LogP contribution in [0.25, 0.3) is 0 Å². The van der Waals surface area contributed by atoms with Gasteiger partial charge in [-0.2, -0.15) is 0 Å². The largest absolute Gasteiger partial charge is 0.497 e. The van der Waals surface area contributed by atoms with Gasteiger partial charge in [0, 0.05) is 24.7 Å². The number of amides is 1. The molecule has 1 saturated heterocycles. The highest BCUT2D eigenvalue weighted by Crippen LogP contribution is 2.23. The number of hydrogen-bond donors (Lipinski definition) is 1. The van der Waals surface area contributed by atoms with Crippen molar-refractivity contribution < 1.29 is 22.7 Å². The maximum absolute atomic E-state index is 12.8. The summed E-state index contributed by atoms with van der Waals surface area (Å²) in [4.78, 5) is 14.5. The molecule has 0 aliphatic carbocycles. The summed E-state index contributed by atoms with van der Waals surface area (Å²) in [5, 5.41) is 0. The van der Waals surface area contributed by atoms with Crippen molar-refractivity contribution in [3.05, 3.63) is 53.6 Å². The topological polar surface area (TPSA) is 84.9 Å². The molecule has 1 amide bonds. The molecule has 0 saturated carbocycles. The van der Waals surface area contributed by atoms with Crippen molar-refractivity contribution in [3.63, 3.8) is 0 Å². The van der Waals surface area contributed by atoms with Crippen molar-refractivity contribution in [1.29, 1.82) is 0 Å². The van der Waals surface area contributed by atoms with Crippen molar-refractivity contribution in [1.82, 2.24) is 4.90 Å². The van der Waals surface area contributed by atoms with Crippen LogP contribution >= 0.6 is 0 Å². The highest BCUT2D eigenvalue weighted by atomic mass is 32.2. The Morgan fingerprint density at radius 3 is 2.59 bits per heavy atom. The van der Waals surface area contributed by atoms with Crippen LogP contribution in [0.4, 0.5) is 5.69 Å². The first kappa shape index (κ1) is 19.2. The van der Waals surface area contributed by atoms with E-state index in [0.717, 1.165) is 5.56 Å². The summed E-state index contributed by atoms with van der Waals surface area (Å²) in [5.74, 6) is 0.358. The first-order valence-corrected chi connectivity index (χ1v) is 10.0. The number of benzene rings is 2. The van der Waals surface area contributed by atoms with Gasteiger partial charge in [-0.3, -0.25) is 9.52 Å². The molecule has 0 bridgehead atoms. The van der Waals surface area contributed by atoms with E-state index < -0.39 is 10.0 Å². The van der Waals surface area contributed by atoms with Gasteiger partial charge in [-0.1, -0.05) is 12.1 Å². The van der Waals surface area contributed by atoms with Gasteiger partial charge in [0.2, 0.25) is 0 Å². The number of nitrogens with one attached hydrogen (secondary N) is 1. The number of aryl methyl sites for hydroxylation is 1. The maximum Gasteiger partial charge on any atom is 0.261 e. The van der Waals surface area contributed by atoms with E-state index in [0.29, 0.717) is 43.3 Å². The fraction of sp³-hybridized carbons (Fsp3) is 0.316. The molecule has 2 aromatic carbocycles. The summed E-state index contributed by atoms with van der Waals surface area (Å²) in [5.41, 5.74) is 1.49. The predicted octanol–water partition coefficient (Wildman–Crippen LogP) is 2.28. The zero-order valence-electron chi connectivity index (χ0n) is 15.3. The summed E-state index contributed by atoms with van der Waals surface area (Å²) in [6, 6.07) is 11.2. The molecule has 27 heavy (non-hydrogen) atoms. The van der Waals surface area contributed by atoms with Gasteiger partial charge in [-0.05, 0) is 36.8 Å². The van der Waals surface area contributed by atoms with E-state index in [1.165, 1.54) is 19.2 Å². The lowest BCUT2D eigenvalue weighted by Crippen LogP contribution is -2.41. The molecular weight excluding hydrogens is 368 g/mol. The van der Waals surface area contributed by atoms with Gasteiger partial charge in [0.25, 0.3) is 15.9 Å². The molecule has 1 aliphatic rings. The number of morpholine rings is 1. The van der Waals surface area contributed by atoms with Gasteiger partial charge in [-0.15, -0.1) is 0 Å². The van der Waals surface area contributed by atoms with Gasteiger partial charge in [0.05, 0.1) is 30.9 Å². The fourth-order valence-electron chi connectivity index (χ4n) is 2.84. The number of carbonyl (C=O) groups excluding carboxylic acids is 1. The monoisotopic (exact) mass is 390 g/mol. The molecule has 0 atom stereocenters. The number of ether oxygens (including phenoxy) is 2. The van der Waals surface area contributed by atoms with Crippen molar-refractivity contribution in [2.24, 2.45) is 0 Å². The first-order chi connectivity index (χ1) is 12.9. The minimum Gasteiger partial charge on any atom is -0.497 e. The Bertz CT molecular complexity index is 937. The Morgan fingerprint density at radius 2 is 1.89 bits per heavy atom. The summed E-state index contributed by atoms with van der Waals surface area (Å²) in [7, 11) is -2.33. The van der Waals surface area contributed by atoms with Crippen LogP contribution in [0.2, 0.25) is 0 Å². The SMILES string of the molecule is COc1cccc(NS(=O)(=O)c2ccc(C)c(C(=O)N3CCOCC3)c2)c1. The third kappa shape index (κ3) is 4.40. The first-order valence-electron chi connectivity index (χ1n) is 8.55. The summed E-state index contributed by atoms with van der Waals surface area (Å²) < 4.78 is 38.4. The van der Waals surface area contributed by atoms with Crippen molar-refractivity contribution in [2.75, 3.05) is 38.1 Å². The number of methoxy groups -OCH3 is 1. The quantitative estimate of drug-likeness (QED) is 0.847. The molecule has 0 radical (unpaired) electrons. The molecule has 8 heteroatoms. The average molecular weight is 390 g/mol. The maximum atomic E-state index is 12.8. The molecule has 1 N–H and O–H groups in total. The van der Waals surface area contributed by atoms with E-state index in [1.54, 1.807) is 42.2 Å². The molecular formula is C19H22N2O5S. The summed E-state index contributed by atoms with van der Waals surface area (Å²) >= 11 is 0. The second-order valence-corrected chi connectivity index (χ2v) is 7.90. The van der Waals surface area contributed by atoms with Crippen LogP contribution in [0.15, 0.2) is 47.4 Å². The van der Waals surface area contributed by atoms with Crippen molar-refractivity contribution >= 4 is 21.6 Å². The van der Waals surface area contributed by atoms with E-state index in [1.807, 2.05) is 0 Å².